The number of benzene rings is 1. The number of ether oxygens (including phenoxy) is 1. The van der Waals surface area contributed by atoms with Crippen LogP contribution in [0, 0.1) is 5.92 Å². The molecule has 0 radical (unpaired) electrons. The summed E-state index contributed by atoms with van der Waals surface area (Å²) >= 11 is 5.74. The van der Waals surface area contributed by atoms with Gasteiger partial charge in [-0.2, -0.15) is 0 Å². The Morgan fingerprint density at radius 1 is 1.17 bits per heavy atom. The van der Waals surface area contributed by atoms with Gasteiger partial charge in [-0.25, -0.2) is 0 Å². The van der Waals surface area contributed by atoms with Crippen molar-refractivity contribution in [1.29, 1.82) is 0 Å². The normalized spacial score (nSPS) is 13.4. The van der Waals surface area contributed by atoms with Crippen LogP contribution in [0.15, 0.2) is 24.3 Å². The predicted octanol–water partition coefficient (Wildman–Crippen LogP) is 5.02. The monoisotopic (exact) mass is 268 g/mol. The van der Waals surface area contributed by atoms with Crippen LogP contribution in [-0.4, -0.2) is 12.5 Å². The molecular weight excluding hydrogens is 244 g/mol. The molecule has 1 aromatic carbocycles. The van der Waals surface area contributed by atoms with E-state index in [2.05, 4.69) is 45.9 Å². The first-order valence-electron chi connectivity index (χ1n) is 6.73. The average Bonchev–Trinajstić information content (AvgIpc) is 2.28. The standard InChI is InChI=1S/C16H25ClO/c1-13(9-11-17)10-12-18-15-8-6-5-7-14(15)16(2,3)4/h5-8,13H,9-12H2,1-4H3. The molecule has 0 heterocycles. The van der Waals surface area contributed by atoms with Gasteiger partial charge >= 0.3 is 0 Å². The van der Waals surface area contributed by atoms with E-state index >= 15 is 0 Å². The molecule has 0 aliphatic heterocycles. The second kappa shape index (κ2) is 7.04. The summed E-state index contributed by atoms with van der Waals surface area (Å²) in [6.07, 6.45) is 2.12. The van der Waals surface area contributed by atoms with E-state index in [9.17, 15) is 0 Å². The van der Waals surface area contributed by atoms with Gasteiger partial charge in [0.15, 0.2) is 0 Å². The summed E-state index contributed by atoms with van der Waals surface area (Å²) in [5.41, 5.74) is 1.40. The molecule has 0 amide bonds. The zero-order valence-corrected chi connectivity index (χ0v) is 12.8. The van der Waals surface area contributed by atoms with Gasteiger partial charge in [0.2, 0.25) is 0 Å². The van der Waals surface area contributed by atoms with E-state index in [1.165, 1.54) is 5.56 Å². The van der Waals surface area contributed by atoms with E-state index in [1.54, 1.807) is 0 Å². The molecule has 0 aliphatic rings. The molecule has 2 heteroatoms. The summed E-state index contributed by atoms with van der Waals surface area (Å²) < 4.78 is 5.94. The van der Waals surface area contributed by atoms with Crippen LogP contribution in [0.2, 0.25) is 0 Å². The molecule has 0 bridgehead atoms. The highest BCUT2D eigenvalue weighted by Crippen LogP contribution is 2.31. The Hall–Kier alpha value is -0.690. The zero-order chi connectivity index (χ0) is 13.6. The molecule has 0 N–H and O–H groups in total. The lowest BCUT2D eigenvalue weighted by molar-refractivity contribution is 0.276. The van der Waals surface area contributed by atoms with Gasteiger partial charge < -0.3 is 4.74 Å². The molecule has 18 heavy (non-hydrogen) atoms. The molecule has 1 unspecified atom stereocenters. The van der Waals surface area contributed by atoms with Crippen LogP contribution < -0.4 is 4.74 Å². The van der Waals surface area contributed by atoms with Crippen molar-refractivity contribution in [3.05, 3.63) is 29.8 Å². The highest BCUT2D eigenvalue weighted by molar-refractivity contribution is 6.17. The van der Waals surface area contributed by atoms with Gasteiger partial charge in [-0.3, -0.25) is 0 Å². The Morgan fingerprint density at radius 3 is 2.44 bits per heavy atom. The van der Waals surface area contributed by atoms with E-state index in [0.29, 0.717) is 5.92 Å². The summed E-state index contributed by atoms with van der Waals surface area (Å²) in [6.45, 7) is 9.63. The van der Waals surface area contributed by atoms with Gasteiger partial charge in [-0.15, -0.1) is 11.6 Å². The Kier molecular flexibility index (Phi) is 6.01. The van der Waals surface area contributed by atoms with Crippen LogP contribution in [0.4, 0.5) is 0 Å². The third-order valence-corrected chi connectivity index (χ3v) is 3.38. The molecule has 0 aliphatic carbocycles. The van der Waals surface area contributed by atoms with Gasteiger partial charge in [0.05, 0.1) is 6.61 Å². The Labute approximate surface area is 116 Å². The van der Waals surface area contributed by atoms with Crippen molar-refractivity contribution < 1.29 is 4.74 Å². The first kappa shape index (κ1) is 15.4. The summed E-state index contributed by atoms with van der Waals surface area (Å²) in [7, 11) is 0. The SMILES string of the molecule is CC(CCCl)CCOc1ccccc1C(C)(C)C. The summed E-state index contributed by atoms with van der Waals surface area (Å²) in [6, 6.07) is 8.32. The summed E-state index contributed by atoms with van der Waals surface area (Å²) in [5.74, 6) is 2.38. The second-order valence-corrected chi connectivity index (χ2v) is 6.34. The first-order valence-corrected chi connectivity index (χ1v) is 7.27. The fourth-order valence-electron chi connectivity index (χ4n) is 1.91. The molecule has 102 valence electrons. The van der Waals surface area contributed by atoms with E-state index in [0.717, 1.165) is 31.1 Å². The van der Waals surface area contributed by atoms with Gasteiger partial charge in [0, 0.05) is 5.88 Å². The highest BCUT2D eigenvalue weighted by Gasteiger charge is 2.18. The number of rotatable bonds is 6. The largest absolute Gasteiger partial charge is 0.493 e. The lowest BCUT2D eigenvalue weighted by Gasteiger charge is -2.23. The number of alkyl halides is 1. The first-order chi connectivity index (χ1) is 8.45. The van der Waals surface area contributed by atoms with E-state index < -0.39 is 0 Å². The topological polar surface area (TPSA) is 9.23 Å². The van der Waals surface area contributed by atoms with Gasteiger partial charge in [-0.1, -0.05) is 45.9 Å². The Morgan fingerprint density at radius 2 is 1.83 bits per heavy atom. The van der Waals surface area contributed by atoms with Crippen molar-refractivity contribution in [3.8, 4) is 5.75 Å². The maximum absolute atomic E-state index is 5.94. The lowest BCUT2D eigenvalue weighted by Crippen LogP contribution is -2.14. The van der Waals surface area contributed by atoms with Crippen LogP contribution in [0.3, 0.4) is 0 Å². The Bertz CT molecular complexity index is 354. The van der Waals surface area contributed by atoms with Crippen molar-refractivity contribution >= 4 is 11.6 Å². The minimum absolute atomic E-state index is 0.123. The molecule has 0 spiro atoms. The lowest BCUT2D eigenvalue weighted by atomic mass is 9.86. The molecule has 1 atom stereocenters. The quantitative estimate of drug-likeness (QED) is 0.659. The molecule has 0 saturated heterocycles. The molecule has 0 saturated carbocycles. The Balaban J connectivity index is 2.57. The maximum atomic E-state index is 5.94. The minimum Gasteiger partial charge on any atom is -0.493 e. The van der Waals surface area contributed by atoms with Crippen LogP contribution in [0.25, 0.3) is 0 Å². The average molecular weight is 269 g/mol. The van der Waals surface area contributed by atoms with Gasteiger partial charge in [0.1, 0.15) is 5.75 Å². The maximum Gasteiger partial charge on any atom is 0.123 e. The van der Waals surface area contributed by atoms with Crippen molar-refractivity contribution in [2.45, 2.75) is 46.0 Å². The number of halogens is 1. The summed E-state index contributed by atoms with van der Waals surface area (Å²) in [5, 5.41) is 0. The number of para-hydroxylation sites is 1. The van der Waals surface area contributed by atoms with Crippen molar-refractivity contribution in [2.24, 2.45) is 5.92 Å². The predicted molar refractivity (Wildman–Crippen MR) is 79.8 cm³/mol. The molecular formula is C16H25ClO. The highest BCUT2D eigenvalue weighted by atomic mass is 35.5. The fourth-order valence-corrected chi connectivity index (χ4v) is 2.29. The minimum atomic E-state index is 0.123. The van der Waals surface area contributed by atoms with Gasteiger partial charge in [0.25, 0.3) is 0 Å². The van der Waals surface area contributed by atoms with E-state index in [-0.39, 0.29) is 5.41 Å². The zero-order valence-electron chi connectivity index (χ0n) is 12.0. The van der Waals surface area contributed by atoms with Crippen LogP contribution in [0.1, 0.15) is 46.1 Å². The van der Waals surface area contributed by atoms with Crippen LogP contribution in [-0.2, 0) is 5.41 Å². The van der Waals surface area contributed by atoms with Gasteiger partial charge in [-0.05, 0) is 35.8 Å². The summed E-state index contributed by atoms with van der Waals surface area (Å²) in [4.78, 5) is 0. The second-order valence-electron chi connectivity index (χ2n) is 5.97. The smallest absolute Gasteiger partial charge is 0.123 e. The number of hydrogen-bond donors (Lipinski definition) is 0. The number of hydrogen-bond acceptors (Lipinski definition) is 1. The molecule has 0 aromatic heterocycles. The van der Waals surface area contributed by atoms with E-state index in [1.807, 2.05) is 6.07 Å². The molecule has 1 rings (SSSR count). The van der Waals surface area contributed by atoms with E-state index in [4.69, 9.17) is 16.3 Å². The molecule has 1 aromatic rings. The van der Waals surface area contributed by atoms with Crippen molar-refractivity contribution in [1.82, 2.24) is 0 Å². The van der Waals surface area contributed by atoms with Crippen molar-refractivity contribution in [3.63, 3.8) is 0 Å². The third-order valence-electron chi connectivity index (χ3n) is 3.17. The van der Waals surface area contributed by atoms with Crippen molar-refractivity contribution in [2.75, 3.05) is 12.5 Å². The molecule has 0 fully saturated rings. The molecule has 1 nitrogen and oxygen atoms in total. The van der Waals surface area contributed by atoms with Crippen LogP contribution >= 0.6 is 11.6 Å². The fraction of sp³-hybridized carbons (Fsp3) is 0.625. The third kappa shape index (κ3) is 4.89. The van der Waals surface area contributed by atoms with Crippen LogP contribution in [0.5, 0.6) is 5.75 Å².